The van der Waals surface area contributed by atoms with Crippen molar-refractivity contribution in [2.24, 2.45) is 0 Å². The van der Waals surface area contributed by atoms with E-state index in [4.69, 9.17) is 0 Å². The molecule has 0 spiro atoms. The normalized spacial score (nSPS) is 10.3. The van der Waals surface area contributed by atoms with Gasteiger partial charge < -0.3 is 5.32 Å². The van der Waals surface area contributed by atoms with Crippen LogP contribution in [0.15, 0.2) is 27.7 Å². The molecule has 0 atom stereocenters. The van der Waals surface area contributed by atoms with Crippen molar-refractivity contribution in [2.75, 3.05) is 11.9 Å². The summed E-state index contributed by atoms with van der Waals surface area (Å²) in [5, 5.41) is 22.9. The van der Waals surface area contributed by atoms with E-state index in [0.717, 1.165) is 16.0 Å². The number of pyridine rings is 1. The summed E-state index contributed by atoms with van der Waals surface area (Å²) in [5.41, 5.74) is -0.0232. The lowest BCUT2D eigenvalue weighted by Gasteiger charge is -1.95. The van der Waals surface area contributed by atoms with Crippen molar-refractivity contribution in [1.82, 2.24) is 15.2 Å². The van der Waals surface area contributed by atoms with E-state index in [0.29, 0.717) is 5.03 Å². The first kappa shape index (κ1) is 12.7. The van der Waals surface area contributed by atoms with Gasteiger partial charge in [-0.05, 0) is 24.8 Å². The van der Waals surface area contributed by atoms with Gasteiger partial charge in [0, 0.05) is 12.6 Å². The summed E-state index contributed by atoms with van der Waals surface area (Å²) in [6.07, 6.45) is 1.23. The summed E-state index contributed by atoms with van der Waals surface area (Å²) in [5.74, 6) is 0. The van der Waals surface area contributed by atoms with Gasteiger partial charge in [0.25, 0.3) is 5.69 Å². The molecular formula is C9H9N5O2S2. The van der Waals surface area contributed by atoms with Crippen LogP contribution in [0.4, 0.5) is 10.8 Å². The number of hydrogen-bond acceptors (Lipinski definition) is 8. The molecule has 0 aliphatic carbocycles. The molecule has 0 aliphatic heterocycles. The van der Waals surface area contributed by atoms with Gasteiger partial charge >= 0.3 is 0 Å². The Morgan fingerprint density at radius 1 is 1.50 bits per heavy atom. The topological polar surface area (TPSA) is 93.8 Å². The monoisotopic (exact) mass is 283 g/mol. The molecule has 1 N–H and O–H groups in total. The van der Waals surface area contributed by atoms with Crippen LogP contribution < -0.4 is 5.32 Å². The highest BCUT2D eigenvalue weighted by Gasteiger charge is 2.09. The van der Waals surface area contributed by atoms with Gasteiger partial charge in [0.2, 0.25) is 5.13 Å². The Kier molecular flexibility index (Phi) is 4.05. The van der Waals surface area contributed by atoms with E-state index in [9.17, 15) is 10.1 Å². The quantitative estimate of drug-likeness (QED) is 0.665. The fourth-order valence-electron chi connectivity index (χ4n) is 1.10. The lowest BCUT2D eigenvalue weighted by Crippen LogP contribution is -1.94. The highest BCUT2D eigenvalue weighted by Crippen LogP contribution is 2.31. The van der Waals surface area contributed by atoms with Crippen LogP contribution in [0.2, 0.25) is 0 Å². The Bertz CT molecular complexity index is 542. The van der Waals surface area contributed by atoms with Gasteiger partial charge in [-0.25, -0.2) is 4.98 Å². The Morgan fingerprint density at radius 2 is 2.33 bits per heavy atom. The summed E-state index contributed by atoms with van der Waals surface area (Å²) in [7, 11) is 0. The number of anilines is 1. The van der Waals surface area contributed by atoms with Crippen molar-refractivity contribution >= 4 is 33.9 Å². The Labute approximate surface area is 111 Å². The van der Waals surface area contributed by atoms with Crippen LogP contribution in [0, 0.1) is 10.1 Å². The summed E-state index contributed by atoms with van der Waals surface area (Å²) in [6.45, 7) is 2.77. The predicted octanol–water partition coefficient (Wildman–Crippen LogP) is 2.42. The molecule has 18 heavy (non-hydrogen) atoms. The van der Waals surface area contributed by atoms with Crippen molar-refractivity contribution in [2.45, 2.75) is 16.3 Å². The molecule has 2 aromatic heterocycles. The van der Waals surface area contributed by atoms with E-state index in [1.165, 1.54) is 35.4 Å². The van der Waals surface area contributed by atoms with Crippen LogP contribution in [-0.4, -0.2) is 26.6 Å². The van der Waals surface area contributed by atoms with E-state index < -0.39 is 4.92 Å². The number of nitrogens with one attached hydrogen (secondary N) is 1. The lowest BCUT2D eigenvalue weighted by atomic mass is 10.4. The van der Waals surface area contributed by atoms with E-state index in [1.54, 1.807) is 6.07 Å². The van der Waals surface area contributed by atoms with Gasteiger partial charge in [-0.1, -0.05) is 11.3 Å². The fourth-order valence-corrected chi connectivity index (χ4v) is 2.81. The van der Waals surface area contributed by atoms with Crippen molar-refractivity contribution in [3.05, 3.63) is 28.4 Å². The first-order valence-electron chi connectivity index (χ1n) is 5.04. The summed E-state index contributed by atoms with van der Waals surface area (Å²) in [4.78, 5) is 14.0. The molecule has 0 radical (unpaired) electrons. The third-order valence-corrected chi connectivity index (χ3v) is 3.74. The molecule has 94 valence electrons. The fraction of sp³-hybridized carbons (Fsp3) is 0.222. The molecule has 9 heteroatoms. The zero-order valence-corrected chi connectivity index (χ0v) is 11.0. The number of hydrogen-bond donors (Lipinski definition) is 1. The van der Waals surface area contributed by atoms with E-state index in [1.807, 2.05) is 6.92 Å². The second-order valence-corrected chi connectivity index (χ2v) is 5.36. The molecule has 2 aromatic rings. The van der Waals surface area contributed by atoms with Gasteiger partial charge in [0.15, 0.2) is 4.34 Å². The zero-order chi connectivity index (χ0) is 13.0. The minimum atomic E-state index is -0.477. The van der Waals surface area contributed by atoms with Crippen LogP contribution in [0.3, 0.4) is 0 Å². The molecule has 0 aliphatic rings. The summed E-state index contributed by atoms with van der Waals surface area (Å²) < 4.78 is 0.743. The van der Waals surface area contributed by atoms with E-state index >= 15 is 0 Å². The predicted molar refractivity (Wildman–Crippen MR) is 69.1 cm³/mol. The molecule has 0 bridgehead atoms. The second kappa shape index (κ2) is 5.74. The minimum Gasteiger partial charge on any atom is -0.360 e. The molecule has 0 fully saturated rings. The van der Waals surface area contributed by atoms with Crippen LogP contribution in [0.25, 0.3) is 0 Å². The average Bonchev–Trinajstić information content (AvgIpc) is 2.78. The molecule has 2 heterocycles. The van der Waals surface area contributed by atoms with Crippen LogP contribution >= 0.6 is 23.1 Å². The van der Waals surface area contributed by atoms with Crippen LogP contribution in [0.5, 0.6) is 0 Å². The zero-order valence-electron chi connectivity index (χ0n) is 9.36. The Morgan fingerprint density at radius 3 is 2.94 bits per heavy atom. The Hall–Kier alpha value is -1.74. The van der Waals surface area contributed by atoms with Crippen LogP contribution in [0.1, 0.15) is 6.92 Å². The third kappa shape index (κ3) is 3.14. The first-order chi connectivity index (χ1) is 8.69. The second-order valence-electron chi connectivity index (χ2n) is 3.12. The number of nitro groups is 1. The van der Waals surface area contributed by atoms with E-state index in [-0.39, 0.29) is 5.69 Å². The SMILES string of the molecule is CCNc1nnc(Sc2ccc([N+](=O)[O-])cn2)s1. The first-order valence-corrected chi connectivity index (χ1v) is 6.68. The highest BCUT2D eigenvalue weighted by molar-refractivity contribution is 8.01. The van der Waals surface area contributed by atoms with Gasteiger partial charge in [0.05, 0.1) is 4.92 Å². The molecule has 0 saturated heterocycles. The van der Waals surface area contributed by atoms with Crippen molar-refractivity contribution in [1.29, 1.82) is 0 Å². The molecule has 0 amide bonds. The van der Waals surface area contributed by atoms with Crippen molar-refractivity contribution in [3.63, 3.8) is 0 Å². The number of nitrogens with zero attached hydrogens (tertiary/aromatic N) is 4. The maximum absolute atomic E-state index is 10.5. The lowest BCUT2D eigenvalue weighted by molar-refractivity contribution is -0.385. The van der Waals surface area contributed by atoms with Gasteiger partial charge in [-0.2, -0.15) is 0 Å². The van der Waals surface area contributed by atoms with E-state index in [2.05, 4.69) is 20.5 Å². The smallest absolute Gasteiger partial charge is 0.287 e. The maximum atomic E-state index is 10.5. The van der Waals surface area contributed by atoms with Gasteiger partial charge in [-0.15, -0.1) is 10.2 Å². The molecule has 7 nitrogen and oxygen atoms in total. The minimum absolute atomic E-state index is 0.0232. The van der Waals surface area contributed by atoms with Gasteiger partial charge in [0.1, 0.15) is 11.2 Å². The summed E-state index contributed by atoms with van der Waals surface area (Å²) in [6, 6.07) is 3.01. The number of rotatable bonds is 5. The van der Waals surface area contributed by atoms with Crippen molar-refractivity contribution in [3.8, 4) is 0 Å². The highest BCUT2D eigenvalue weighted by atomic mass is 32.2. The number of aromatic nitrogens is 3. The molecule has 0 aromatic carbocycles. The van der Waals surface area contributed by atoms with Crippen LogP contribution in [-0.2, 0) is 0 Å². The largest absolute Gasteiger partial charge is 0.360 e. The molecule has 2 rings (SSSR count). The third-order valence-electron chi connectivity index (χ3n) is 1.86. The summed E-state index contributed by atoms with van der Waals surface area (Å²) >= 11 is 2.74. The molecule has 0 saturated carbocycles. The Balaban J connectivity index is 2.06. The maximum Gasteiger partial charge on any atom is 0.287 e. The average molecular weight is 283 g/mol. The van der Waals surface area contributed by atoms with Gasteiger partial charge in [-0.3, -0.25) is 10.1 Å². The molecular weight excluding hydrogens is 274 g/mol. The standard InChI is InChI=1S/C9H9N5O2S2/c1-2-10-8-12-13-9(18-8)17-7-4-3-6(5-11-7)14(15)16/h3-5H,2H2,1H3,(H,10,12). The van der Waals surface area contributed by atoms with Crippen molar-refractivity contribution < 1.29 is 4.92 Å². The molecule has 0 unspecified atom stereocenters.